The van der Waals surface area contributed by atoms with E-state index in [4.69, 9.17) is 9.47 Å². The van der Waals surface area contributed by atoms with Crippen molar-refractivity contribution in [2.75, 3.05) is 63.2 Å². The van der Waals surface area contributed by atoms with Crippen LogP contribution in [0.5, 0.6) is 0 Å². The van der Waals surface area contributed by atoms with Gasteiger partial charge in [0, 0.05) is 50.4 Å². The Morgan fingerprint density at radius 1 is 0.605 bits per heavy atom. The van der Waals surface area contributed by atoms with Crippen LogP contribution in [-0.4, -0.2) is 89.9 Å². The molecule has 0 radical (unpaired) electrons. The summed E-state index contributed by atoms with van der Waals surface area (Å²) >= 11 is 0. The van der Waals surface area contributed by atoms with Crippen molar-refractivity contribution in [1.82, 2.24) is 8.61 Å². The van der Waals surface area contributed by atoms with Gasteiger partial charge < -0.3 is 20.1 Å². The van der Waals surface area contributed by atoms with E-state index in [-0.39, 0.29) is 22.6 Å². The lowest BCUT2D eigenvalue weighted by molar-refractivity contribution is -0.121. The Hall–Kier alpha value is -2.88. The summed E-state index contributed by atoms with van der Waals surface area (Å²) in [5.74, 6) is -0.813. The van der Waals surface area contributed by atoms with Gasteiger partial charge in [0.1, 0.15) is 0 Å². The number of ether oxygens (including phenoxy) is 2. The molecule has 2 heterocycles. The maximum absolute atomic E-state index is 12.7. The number of benzene rings is 2. The van der Waals surface area contributed by atoms with Crippen LogP contribution in [0.3, 0.4) is 0 Å². The van der Waals surface area contributed by atoms with Crippen LogP contribution >= 0.6 is 0 Å². The molecule has 2 aromatic carbocycles. The lowest BCUT2D eigenvalue weighted by Crippen LogP contribution is -2.40. The number of carbonyl (C=O) groups is 2. The molecule has 0 bridgehead atoms. The predicted octanol–water partition coefficient (Wildman–Crippen LogP) is 1.09. The highest BCUT2D eigenvalue weighted by atomic mass is 32.2. The highest BCUT2D eigenvalue weighted by molar-refractivity contribution is 7.89. The molecule has 0 atom stereocenters. The summed E-state index contributed by atoms with van der Waals surface area (Å²) in [4.78, 5) is 24.8. The number of nitrogens with zero attached hydrogens (tertiary/aromatic N) is 2. The first-order valence-corrected chi connectivity index (χ1v) is 15.0. The first kappa shape index (κ1) is 28.1. The van der Waals surface area contributed by atoms with Crippen LogP contribution in [0, 0.1) is 0 Å². The Balaban J connectivity index is 1.24. The second-order valence-corrected chi connectivity index (χ2v) is 12.6. The van der Waals surface area contributed by atoms with Crippen molar-refractivity contribution in [3.05, 3.63) is 48.5 Å². The molecule has 0 saturated carbocycles. The SMILES string of the molecule is O=C(CCC(=O)Nc1ccc(S(=O)(=O)N2CCOCC2)cc1)Nc1ccc(S(=O)(=O)N2CCOCC2)cc1. The van der Waals surface area contributed by atoms with Crippen molar-refractivity contribution in [3.63, 3.8) is 0 Å². The fourth-order valence-electron chi connectivity index (χ4n) is 3.97. The fourth-order valence-corrected chi connectivity index (χ4v) is 6.78. The summed E-state index contributed by atoms with van der Waals surface area (Å²) in [6.45, 7) is 2.57. The predicted molar refractivity (Wildman–Crippen MR) is 139 cm³/mol. The number of morpholine rings is 2. The number of rotatable bonds is 9. The third-order valence-electron chi connectivity index (χ3n) is 6.07. The average molecular weight is 567 g/mol. The first-order chi connectivity index (χ1) is 18.2. The average Bonchev–Trinajstić information content (AvgIpc) is 2.93. The molecule has 2 aliphatic heterocycles. The van der Waals surface area contributed by atoms with Crippen molar-refractivity contribution in [2.45, 2.75) is 22.6 Å². The summed E-state index contributed by atoms with van der Waals surface area (Å²) in [7, 11) is -7.26. The summed E-state index contributed by atoms with van der Waals surface area (Å²) < 4.78 is 63.9. The zero-order valence-electron chi connectivity index (χ0n) is 20.7. The molecule has 2 fully saturated rings. The van der Waals surface area contributed by atoms with Gasteiger partial charge in [-0.1, -0.05) is 0 Å². The molecule has 12 nitrogen and oxygen atoms in total. The molecular formula is C24H30N4O8S2. The molecule has 2 aromatic rings. The molecule has 0 spiro atoms. The largest absolute Gasteiger partial charge is 0.379 e. The Morgan fingerprint density at radius 2 is 0.921 bits per heavy atom. The van der Waals surface area contributed by atoms with Gasteiger partial charge in [0.05, 0.1) is 36.2 Å². The van der Waals surface area contributed by atoms with E-state index in [1.807, 2.05) is 0 Å². The van der Waals surface area contributed by atoms with Gasteiger partial charge in [-0.2, -0.15) is 8.61 Å². The molecular weight excluding hydrogens is 536 g/mol. The second kappa shape index (κ2) is 12.3. The van der Waals surface area contributed by atoms with Crippen LogP contribution in [0.25, 0.3) is 0 Å². The Morgan fingerprint density at radius 3 is 1.24 bits per heavy atom. The lowest BCUT2D eigenvalue weighted by Gasteiger charge is -2.26. The standard InChI is InChI=1S/C24H30N4O8S2/c29-23(25-19-1-5-21(6-2-19)37(31,32)27-11-15-35-16-12-27)9-10-24(30)26-20-3-7-22(8-4-20)38(33,34)28-13-17-36-18-14-28/h1-8H,9-18H2,(H,25,29)(H,26,30). The molecule has 2 saturated heterocycles. The molecule has 0 aromatic heterocycles. The zero-order valence-corrected chi connectivity index (χ0v) is 22.3. The van der Waals surface area contributed by atoms with Crippen LogP contribution in [0.15, 0.2) is 58.3 Å². The number of hydrogen-bond acceptors (Lipinski definition) is 8. The molecule has 2 aliphatic rings. The minimum Gasteiger partial charge on any atom is -0.379 e. The van der Waals surface area contributed by atoms with Gasteiger partial charge in [-0.25, -0.2) is 16.8 Å². The maximum atomic E-state index is 12.7. The Kier molecular flexibility index (Phi) is 9.12. The van der Waals surface area contributed by atoms with Gasteiger partial charge in [-0.3, -0.25) is 9.59 Å². The molecule has 38 heavy (non-hydrogen) atoms. The topological polar surface area (TPSA) is 151 Å². The van der Waals surface area contributed by atoms with E-state index in [0.29, 0.717) is 64.0 Å². The van der Waals surface area contributed by atoms with Crippen LogP contribution in [-0.2, 0) is 39.1 Å². The molecule has 0 aliphatic carbocycles. The number of sulfonamides is 2. The molecule has 0 unspecified atom stereocenters. The van der Waals surface area contributed by atoms with Gasteiger partial charge in [0.15, 0.2) is 0 Å². The van der Waals surface area contributed by atoms with E-state index in [9.17, 15) is 26.4 Å². The highest BCUT2D eigenvalue weighted by Crippen LogP contribution is 2.21. The number of hydrogen-bond donors (Lipinski definition) is 2. The summed E-state index contributed by atoms with van der Waals surface area (Å²) in [5.41, 5.74) is 0.821. The van der Waals surface area contributed by atoms with Crippen molar-refractivity contribution in [1.29, 1.82) is 0 Å². The van der Waals surface area contributed by atoms with E-state index in [1.54, 1.807) is 0 Å². The lowest BCUT2D eigenvalue weighted by atomic mass is 10.2. The normalized spacial score (nSPS) is 17.6. The second-order valence-electron chi connectivity index (χ2n) is 8.68. The molecule has 2 N–H and O–H groups in total. The van der Waals surface area contributed by atoms with Gasteiger partial charge in [-0.15, -0.1) is 0 Å². The van der Waals surface area contributed by atoms with Gasteiger partial charge in [-0.05, 0) is 48.5 Å². The quantitative estimate of drug-likeness (QED) is 0.458. The maximum Gasteiger partial charge on any atom is 0.243 e. The fraction of sp³-hybridized carbons (Fsp3) is 0.417. The minimum absolute atomic E-state index is 0.0941. The van der Waals surface area contributed by atoms with E-state index in [2.05, 4.69) is 10.6 Å². The summed E-state index contributed by atoms with van der Waals surface area (Å²) in [5, 5.41) is 5.29. The van der Waals surface area contributed by atoms with E-state index in [1.165, 1.54) is 57.1 Å². The molecule has 4 rings (SSSR count). The molecule has 206 valence electrons. The van der Waals surface area contributed by atoms with Crippen LogP contribution in [0.2, 0.25) is 0 Å². The van der Waals surface area contributed by atoms with Gasteiger partial charge >= 0.3 is 0 Å². The van der Waals surface area contributed by atoms with Gasteiger partial charge in [0.25, 0.3) is 0 Å². The molecule has 14 heteroatoms. The third kappa shape index (κ3) is 6.95. The Labute approximate surface area is 222 Å². The number of carbonyl (C=O) groups excluding carboxylic acids is 2. The van der Waals surface area contributed by atoms with Crippen LogP contribution in [0.1, 0.15) is 12.8 Å². The van der Waals surface area contributed by atoms with Crippen LogP contribution < -0.4 is 10.6 Å². The van der Waals surface area contributed by atoms with Crippen molar-refractivity contribution >= 4 is 43.2 Å². The Bertz CT molecular complexity index is 1230. The van der Waals surface area contributed by atoms with E-state index < -0.39 is 31.9 Å². The summed E-state index contributed by atoms with van der Waals surface area (Å²) in [6.07, 6.45) is -0.188. The summed E-state index contributed by atoms with van der Waals surface area (Å²) in [6, 6.07) is 11.7. The number of nitrogens with one attached hydrogen (secondary N) is 2. The van der Waals surface area contributed by atoms with E-state index in [0.717, 1.165) is 0 Å². The third-order valence-corrected chi connectivity index (χ3v) is 9.90. The first-order valence-electron chi connectivity index (χ1n) is 12.1. The van der Waals surface area contributed by atoms with Crippen molar-refractivity contribution < 1.29 is 35.9 Å². The highest BCUT2D eigenvalue weighted by Gasteiger charge is 2.27. The zero-order chi connectivity index (χ0) is 27.2. The minimum atomic E-state index is -3.63. The molecule has 2 amide bonds. The van der Waals surface area contributed by atoms with Crippen molar-refractivity contribution in [2.24, 2.45) is 0 Å². The monoisotopic (exact) mass is 566 g/mol. The number of anilines is 2. The smallest absolute Gasteiger partial charge is 0.243 e. The van der Waals surface area contributed by atoms with Crippen LogP contribution in [0.4, 0.5) is 11.4 Å². The van der Waals surface area contributed by atoms with E-state index >= 15 is 0 Å². The number of amides is 2. The van der Waals surface area contributed by atoms with Gasteiger partial charge in [0.2, 0.25) is 31.9 Å². The van der Waals surface area contributed by atoms with Crippen molar-refractivity contribution in [3.8, 4) is 0 Å².